The monoisotopic (exact) mass is 395 g/mol. The highest BCUT2D eigenvalue weighted by Crippen LogP contribution is 2.23. The molecule has 0 amide bonds. The molecule has 0 fully saturated rings. The van der Waals surface area contributed by atoms with Gasteiger partial charge in [-0.2, -0.15) is 16.4 Å². The van der Waals surface area contributed by atoms with Crippen molar-refractivity contribution >= 4 is 21.4 Å². The van der Waals surface area contributed by atoms with E-state index in [2.05, 4.69) is 9.82 Å². The lowest BCUT2D eigenvalue weighted by atomic mass is 10.1. The molecule has 2 aromatic heterocycles. The molecule has 1 N–H and O–H groups in total. The van der Waals surface area contributed by atoms with Gasteiger partial charge in [0, 0.05) is 18.9 Å². The zero-order chi connectivity index (χ0) is 18.6. The first-order valence-corrected chi connectivity index (χ1v) is 10.4. The van der Waals surface area contributed by atoms with Crippen LogP contribution in [0.3, 0.4) is 0 Å². The SMILES string of the molecule is CCOc1ccc(S(=O)(=O)NC[C@@H](c2ccsc2)n2cccn2)cc1F. The van der Waals surface area contributed by atoms with Crippen molar-refractivity contribution in [1.82, 2.24) is 14.5 Å². The molecule has 0 aliphatic rings. The van der Waals surface area contributed by atoms with Gasteiger partial charge in [0.15, 0.2) is 11.6 Å². The third-order valence-electron chi connectivity index (χ3n) is 3.75. The number of hydrogen-bond donors (Lipinski definition) is 1. The highest BCUT2D eigenvalue weighted by molar-refractivity contribution is 7.89. The Morgan fingerprint density at radius 2 is 2.23 bits per heavy atom. The first-order valence-electron chi connectivity index (χ1n) is 7.94. The molecule has 0 saturated carbocycles. The van der Waals surface area contributed by atoms with Crippen LogP contribution in [-0.4, -0.2) is 31.3 Å². The molecule has 1 atom stereocenters. The number of benzene rings is 1. The van der Waals surface area contributed by atoms with Crippen LogP contribution in [0.1, 0.15) is 18.5 Å². The molecule has 138 valence electrons. The Morgan fingerprint density at radius 3 is 2.85 bits per heavy atom. The predicted octanol–water partition coefficient (Wildman–Crippen LogP) is 3.05. The fraction of sp³-hybridized carbons (Fsp3) is 0.235. The van der Waals surface area contributed by atoms with Crippen molar-refractivity contribution in [2.75, 3.05) is 13.2 Å². The standard InChI is InChI=1S/C17H18FN3O3S2/c1-2-24-17-5-4-14(10-15(17)18)26(22,23)20-11-16(13-6-9-25-12-13)21-8-3-7-19-21/h3-10,12,16,20H,2,11H2,1H3/t16-/m0/s1. The number of nitrogens with one attached hydrogen (secondary N) is 1. The molecule has 0 unspecified atom stereocenters. The molecule has 3 rings (SSSR count). The summed E-state index contributed by atoms with van der Waals surface area (Å²) in [6.45, 7) is 2.12. The molecule has 0 bridgehead atoms. The van der Waals surface area contributed by atoms with Crippen molar-refractivity contribution in [1.29, 1.82) is 0 Å². The molecule has 1 aromatic carbocycles. The molecule has 0 radical (unpaired) electrons. The summed E-state index contributed by atoms with van der Waals surface area (Å²) in [5.74, 6) is -0.685. The lowest BCUT2D eigenvalue weighted by molar-refractivity contribution is 0.321. The largest absolute Gasteiger partial charge is 0.491 e. The van der Waals surface area contributed by atoms with E-state index in [1.807, 2.05) is 16.8 Å². The highest BCUT2D eigenvalue weighted by atomic mass is 32.2. The highest BCUT2D eigenvalue weighted by Gasteiger charge is 2.21. The van der Waals surface area contributed by atoms with E-state index in [0.717, 1.165) is 11.6 Å². The van der Waals surface area contributed by atoms with Crippen molar-refractivity contribution in [2.24, 2.45) is 0 Å². The number of sulfonamides is 1. The molecule has 0 aliphatic heterocycles. The predicted molar refractivity (Wildman–Crippen MR) is 97.4 cm³/mol. The Kier molecular flexibility index (Phi) is 5.70. The summed E-state index contributed by atoms with van der Waals surface area (Å²) in [5.41, 5.74) is 0.944. The van der Waals surface area contributed by atoms with Gasteiger partial charge in [-0.15, -0.1) is 0 Å². The minimum absolute atomic E-state index is 0.0270. The number of halogens is 1. The molecule has 0 spiro atoms. The summed E-state index contributed by atoms with van der Waals surface area (Å²) in [6.07, 6.45) is 3.41. The van der Waals surface area contributed by atoms with Crippen LogP contribution in [0.4, 0.5) is 4.39 Å². The number of rotatable bonds is 8. The molecule has 0 saturated heterocycles. The first-order chi connectivity index (χ1) is 12.5. The van der Waals surface area contributed by atoms with Crippen LogP contribution in [0.25, 0.3) is 0 Å². The summed E-state index contributed by atoms with van der Waals surface area (Å²) in [4.78, 5) is -0.150. The second-order valence-electron chi connectivity index (χ2n) is 5.44. The third kappa shape index (κ3) is 4.12. The van der Waals surface area contributed by atoms with Crippen molar-refractivity contribution < 1.29 is 17.5 Å². The van der Waals surface area contributed by atoms with Crippen LogP contribution < -0.4 is 9.46 Å². The average molecular weight is 395 g/mol. The van der Waals surface area contributed by atoms with Crippen LogP contribution in [0.15, 0.2) is 58.4 Å². The Labute approximate surface area is 155 Å². The lowest BCUT2D eigenvalue weighted by Crippen LogP contribution is -2.31. The van der Waals surface area contributed by atoms with Crippen molar-refractivity contribution in [3.8, 4) is 5.75 Å². The average Bonchev–Trinajstić information content (AvgIpc) is 3.31. The van der Waals surface area contributed by atoms with E-state index < -0.39 is 15.8 Å². The maximum Gasteiger partial charge on any atom is 0.240 e. The lowest BCUT2D eigenvalue weighted by Gasteiger charge is -2.17. The third-order valence-corrected chi connectivity index (χ3v) is 5.88. The van der Waals surface area contributed by atoms with Gasteiger partial charge in [0.1, 0.15) is 0 Å². The quantitative estimate of drug-likeness (QED) is 0.636. The van der Waals surface area contributed by atoms with Gasteiger partial charge >= 0.3 is 0 Å². The summed E-state index contributed by atoms with van der Waals surface area (Å²) in [7, 11) is -3.87. The maximum atomic E-state index is 14.0. The Bertz CT molecular complexity index is 908. The van der Waals surface area contributed by atoms with E-state index in [4.69, 9.17) is 4.74 Å². The van der Waals surface area contributed by atoms with Gasteiger partial charge < -0.3 is 4.74 Å². The van der Waals surface area contributed by atoms with Crippen molar-refractivity contribution in [3.05, 3.63) is 64.9 Å². The first kappa shape index (κ1) is 18.6. The fourth-order valence-corrected chi connectivity index (χ4v) is 4.24. The smallest absolute Gasteiger partial charge is 0.240 e. The van der Waals surface area contributed by atoms with E-state index >= 15 is 0 Å². The summed E-state index contributed by atoms with van der Waals surface area (Å²) in [6, 6.07) is 7.00. The Balaban J connectivity index is 1.79. The van der Waals surface area contributed by atoms with E-state index in [1.54, 1.807) is 30.1 Å². The van der Waals surface area contributed by atoms with E-state index in [0.29, 0.717) is 6.61 Å². The maximum absolute atomic E-state index is 14.0. The molecule has 6 nitrogen and oxygen atoms in total. The van der Waals surface area contributed by atoms with Crippen LogP contribution in [-0.2, 0) is 10.0 Å². The molecular weight excluding hydrogens is 377 g/mol. The fourth-order valence-electron chi connectivity index (χ4n) is 2.49. The van der Waals surface area contributed by atoms with Gasteiger partial charge in [0.2, 0.25) is 10.0 Å². The molecule has 2 heterocycles. The van der Waals surface area contributed by atoms with E-state index in [1.165, 1.54) is 23.5 Å². The van der Waals surface area contributed by atoms with Crippen LogP contribution in [0, 0.1) is 5.82 Å². The van der Waals surface area contributed by atoms with Crippen molar-refractivity contribution in [2.45, 2.75) is 17.9 Å². The molecule has 9 heteroatoms. The van der Waals surface area contributed by atoms with Gasteiger partial charge in [-0.05, 0) is 53.6 Å². The molecule has 0 aliphatic carbocycles. The van der Waals surface area contributed by atoms with E-state index in [9.17, 15) is 12.8 Å². The Morgan fingerprint density at radius 1 is 1.38 bits per heavy atom. The van der Waals surface area contributed by atoms with Gasteiger partial charge in [-0.25, -0.2) is 17.5 Å². The van der Waals surface area contributed by atoms with Crippen molar-refractivity contribution in [3.63, 3.8) is 0 Å². The van der Waals surface area contributed by atoms with Crippen LogP contribution >= 0.6 is 11.3 Å². The zero-order valence-corrected chi connectivity index (χ0v) is 15.6. The Hall–Kier alpha value is -2.23. The topological polar surface area (TPSA) is 73.2 Å². The molecule has 26 heavy (non-hydrogen) atoms. The number of thiophene rings is 1. The molecular formula is C17H18FN3O3S2. The number of aromatic nitrogens is 2. The van der Waals surface area contributed by atoms with Gasteiger partial charge in [0.05, 0.1) is 17.5 Å². The second kappa shape index (κ2) is 7.98. The van der Waals surface area contributed by atoms with E-state index in [-0.39, 0.29) is 23.2 Å². The number of nitrogens with zero attached hydrogens (tertiary/aromatic N) is 2. The molecule has 3 aromatic rings. The summed E-state index contributed by atoms with van der Waals surface area (Å²) >= 11 is 1.52. The minimum Gasteiger partial charge on any atom is -0.491 e. The minimum atomic E-state index is -3.87. The normalized spacial score (nSPS) is 12.8. The van der Waals surface area contributed by atoms with Crippen LogP contribution in [0.5, 0.6) is 5.75 Å². The summed E-state index contributed by atoms with van der Waals surface area (Å²) < 4.78 is 48.4. The second-order valence-corrected chi connectivity index (χ2v) is 7.98. The number of ether oxygens (including phenoxy) is 1. The van der Waals surface area contributed by atoms with Gasteiger partial charge in [-0.3, -0.25) is 4.68 Å². The summed E-state index contributed by atoms with van der Waals surface area (Å²) in [5, 5.41) is 8.06. The van der Waals surface area contributed by atoms with Gasteiger partial charge in [-0.1, -0.05) is 0 Å². The van der Waals surface area contributed by atoms with Gasteiger partial charge in [0.25, 0.3) is 0 Å². The van der Waals surface area contributed by atoms with Crippen LogP contribution in [0.2, 0.25) is 0 Å². The number of hydrogen-bond acceptors (Lipinski definition) is 5. The zero-order valence-electron chi connectivity index (χ0n) is 14.0.